The monoisotopic (exact) mass is 294 g/mol. The van der Waals surface area contributed by atoms with Crippen molar-refractivity contribution < 1.29 is 14.6 Å². The van der Waals surface area contributed by atoms with Gasteiger partial charge in [0.05, 0.1) is 23.4 Å². The van der Waals surface area contributed by atoms with Crippen molar-refractivity contribution in [2.75, 3.05) is 26.1 Å². The molecule has 1 unspecified atom stereocenters. The Kier molecular flexibility index (Phi) is 3.78. The van der Waals surface area contributed by atoms with Gasteiger partial charge in [-0.25, -0.2) is 4.98 Å². The highest BCUT2D eigenvalue weighted by Crippen LogP contribution is 2.38. The number of nitrogen functional groups attached to an aromatic ring is 1. The van der Waals surface area contributed by atoms with Crippen LogP contribution in [0.1, 0.15) is 24.5 Å². The quantitative estimate of drug-likeness (QED) is 0.908. The Bertz CT molecular complexity index is 608. The van der Waals surface area contributed by atoms with Crippen molar-refractivity contribution in [1.82, 2.24) is 4.98 Å². The van der Waals surface area contributed by atoms with Crippen molar-refractivity contribution in [2.45, 2.75) is 18.9 Å². The van der Waals surface area contributed by atoms with Gasteiger partial charge in [0, 0.05) is 18.8 Å². The molecule has 0 bridgehead atoms. The van der Waals surface area contributed by atoms with Crippen LogP contribution < -0.4 is 10.5 Å². The van der Waals surface area contributed by atoms with E-state index in [1.807, 2.05) is 12.1 Å². The fourth-order valence-electron chi connectivity index (χ4n) is 2.68. The number of aliphatic hydroxyl groups is 1. The van der Waals surface area contributed by atoms with Crippen LogP contribution in [0, 0.1) is 5.92 Å². The number of methoxy groups -OCH3 is 1. The lowest BCUT2D eigenvalue weighted by atomic mass is 9.89. The number of aromatic nitrogens is 1. The van der Waals surface area contributed by atoms with Gasteiger partial charge in [0.15, 0.2) is 5.13 Å². The minimum atomic E-state index is -0.557. The largest absolute Gasteiger partial charge is 0.497 e. The van der Waals surface area contributed by atoms with E-state index in [4.69, 9.17) is 15.2 Å². The van der Waals surface area contributed by atoms with Crippen LogP contribution in [0.5, 0.6) is 5.75 Å². The number of nitrogens with zero attached hydrogens (tertiary/aromatic N) is 1. The Morgan fingerprint density at radius 1 is 1.45 bits per heavy atom. The van der Waals surface area contributed by atoms with E-state index < -0.39 is 6.10 Å². The van der Waals surface area contributed by atoms with Crippen LogP contribution >= 0.6 is 11.3 Å². The van der Waals surface area contributed by atoms with Crippen LogP contribution in [0.25, 0.3) is 10.2 Å². The van der Waals surface area contributed by atoms with Gasteiger partial charge in [-0.15, -0.1) is 0 Å². The normalized spacial score (nSPS) is 18.3. The molecule has 3 rings (SSSR count). The topological polar surface area (TPSA) is 77.6 Å². The molecule has 1 atom stereocenters. The Labute approximate surface area is 121 Å². The van der Waals surface area contributed by atoms with Gasteiger partial charge >= 0.3 is 0 Å². The van der Waals surface area contributed by atoms with Crippen molar-refractivity contribution in [3.63, 3.8) is 0 Å². The van der Waals surface area contributed by atoms with E-state index in [0.29, 0.717) is 18.3 Å². The second kappa shape index (κ2) is 5.55. The highest BCUT2D eigenvalue weighted by molar-refractivity contribution is 7.22. The van der Waals surface area contributed by atoms with E-state index in [-0.39, 0.29) is 5.92 Å². The Balaban J connectivity index is 2.03. The summed E-state index contributed by atoms with van der Waals surface area (Å²) in [6.07, 6.45) is 1.16. The fraction of sp³-hybridized carbons (Fsp3) is 0.500. The van der Waals surface area contributed by atoms with Crippen LogP contribution in [-0.2, 0) is 4.74 Å². The average Bonchev–Trinajstić information content (AvgIpc) is 2.86. The molecule has 1 aromatic heterocycles. The van der Waals surface area contributed by atoms with E-state index in [0.717, 1.165) is 34.4 Å². The summed E-state index contributed by atoms with van der Waals surface area (Å²) in [5, 5.41) is 11.2. The first-order valence-corrected chi connectivity index (χ1v) is 7.50. The van der Waals surface area contributed by atoms with Gasteiger partial charge in [-0.2, -0.15) is 0 Å². The van der Waals surface area contributed by atoms with Gasteiger partial charge < -0.3 is 20.3 Å². The molecule has 20 heavy (non-hydrogen) atoms. The smallest absolute Gasteiger partial charge is 0.181 e. The Morgan fingerprint density at radius 2 is 2.20 bits per heavy atom. The van der Waals surface area contributed by atoms with E-state index in [2.05, 4.69) is 4.98 Å². The van der Waals surface area contributed by atoms with E-state index in [1.165, 1.54) is 11.3 Å². The molecule has 0 amide bonds. The SMILES string of the molecule is COc1cc(C(O)C2CCOCC2)c2nc(N)sc2c1. The van der Waals surface area contributed by atoms with Gasteiger partial charge in [0.2, 0.25) is 0 Å². The zero-order valence-corrected chi connectivity index (χ0v) is 12.2. The van der Waals surface area contributed by atoms with E-state index in [9.17, 15) is 5.11 Å². The molecule has 0 aliphatic carbocycles. The second-order valence-electron chi connectivity index (χ2n) is 5.01. The molecule has 108 valence electrons. The molecule has 2 heterocycles. The molecule has 6 heteroatoms. The summed E-state index contributed by atoms with van der Waals surface area (Å²) in [5.41, 5.74) is 7.38. The van der Waals surface area contributed by atoms with Crippen molar-refractivity contribution in [2.24, 2.45) is 5.92 Å². The average molecular weight is 294 g/mol. The number of hydrogen-bond acceptors (Lipinski definition) is 6. The first-order valence-electron chi connectivity index (χ1n) is 6.69. The number of hydrogen-bond donors (Lipinski definition) is 2. The maximum Gasteiger partial charge on any atom is 0.181 e. The molecule has 0 saturated carbocycles. The van der Waals surface area contributed by atoms with Crippen LogP contribution in [0.2, 0.25) is 0 Å². The van der Waals surface area contributed by atoms with Crippen LogP contribution in [0.3, 0.4) is 0 Å². The third-order valence-electron chi connectivity index (χ3n) is 3.78. The molecule has 0 spiro atoms. The zero-order chi connectivity index (χ0) is 14.1. The molecule has 1 fully saturated rings. The van der Waals surface area contributed by atoms with E-state index >= 15 is 0 Å². The lowest BCUT2D eigenvalue weighted by Gasteiger charge is -2.27. The van der Waals surface area contributed by atoms with Gasteiger partial charge in [0.1, 0.15) is 5.75 Å². The number of rotatable bonds is 3. The number of thiazole rings is 1. The molecule has 0 radical (unpaired) electrons. The van der Waals surface area contributed by atoms with Crippen LogP contribution in [0.4, 0.5) is 5.13 Å². The predicted molar refractivity (Wildman–Crippen MR) is 79.1 cm³/mol. The van der Waals surface area contributed by atoms with Crippen molar-refractivity contribution in [1.29, 1.82) is 0 Å². The summed E-state index contributed by atoms with van der Waals surface area (Å²) in [4.78, 5) is 4.35. The van der Waals surface area contributed by atoms with Crippen molar-refractivity contribution in [3.05, 3.63) is 17.7 Å². The van der Waals surface area contributed by atoms with Gasteiger partial charge in [-0.3, -0.25) is 0 Å². The maximum atomic E-state index is 10.7. The number of nitrogens with two attached hydrogens (primary N) is 1. The van der Waals surface area contributed by atoms with Gasteiger partial charge in [-0.05, 0) is 30.9 Å². The van der Waals surface area contributed by atoms with Crippen molar-refractivity contribution >= 4 is 26.7 Å². The molecule has 1 saturated heterocycles. The number of ether oxygens (including phenoxy) is 2. The Morgan fingerprint density at radius 3 is 2.90 bits per heavy atom. The van der Waals surface area contributed by atoms with Gasteiger partial charge in [0.25, 0.3) is 0 Å². The molecule has 1 aliphatic heterocycles. The molecular weight excluding hydrogens is 276 g/mol. The molecule has 1 aromatic carbocycles. The lowest BCUT2D eigenvalue weighted by molar-refractivity contribution is 0.00761. The van der Waals surface area contributed by atoms with Crippen LogP contribution in [-0.4, -0.2) is 30.4 Å². The summed E-state index contributed by atoms with van der Waals surface area (Å²) in [7, 11) is 1.62. The number of aliphatic hydroxyl groups excluding tert-OH is 1. The number of fused-ring (bicyclic) bond motifs is 1. The molecule has 5 nitrogen and oxygen atoms in total. The molecule has 3 N–H and O–H groups in total. The first-order chi connectivity index (χ1) is 9.69. The highest BCUT2D eigenvalue weighted by atomic mass is 32.1. The zero-order valence-electron chi connectivity index (χ0n) is 11.3. The predicted octanol–water partition coefficient (Wildman–Crippen LogP) is 2.35. The summed E-state index contributed by atoms with van der Waals surface area (Å²) >= 11 is 1.41. The number of benzene rings is 1. The minimum Gasteiger partial charge on any atom is -0.497 e. The van der Waals surface area contributed by atoms with Crippen LogP contribution in [0.15, 0.2) is 12.1 Å². The second-order valence-corrected chi connectivity index (χ2v) is 6.07. The summed E-state index contributed by atoms with van der Waals surface area (Å²) < 4.78 is 11.6. The first kappa shape index (κ1) is 13.6. The molecular formula is C14H18N2O3S. The van der Waals surface area contributed by atoms with E-state index in [1.54, 1.807) is 7.11 Å². The fourth-order valence-corrected chi connectivity index (χ4v) is 3.47. The minimum absolute atomic E-state index is 0.196. The molecule has 2 aromatic rings. The van der Waals surface area contributed by atoms with Crippen molar-refractivity contribution in [3.8, 4) is 5.75 Å². The summed E-state index contributed by atoms with van der Waals surface area (Å²) in [5.74, 6) is 0.921. The standard InChI is InChI=1S/C14H18N2O3S/c1-18-9-6-10(12-11(7-9)20-14(15)16-12)13(17)8-2-4-19-5-3-8/h6-8,13,17H,2-5H2,1H3,(H2,15,16). The van der Waals surface area contributed by atoms with Gasteiger partial charge in [-0.1, -0.05) is 11.3 Å². The molecule has 1 aliphatic rings. The Hall–Kier alpha value is -1.37. The summed E-state index contributed by atoms with van der Waals surface area (Å²) in [6, 6.07) is 3.77. The summed E-state index contributed by atoms with van der Waals surface area (Å²) in [6.45, 7) is 1.40. The third kappa shape index (κ3) is 2.46. The lowest BCUT2D eigenvalue weighted by Crippen LogP contribution is -2.22. The number of anilines is 1. The third-order valence-corrected chi connectivity index (χ3v) is 4.61. The highest BCUT2D eigenvalue weighted by Gasteiger charge is 2.26. The maximum absolute atomic E-state index is 10.7.